The number of β-amino-alcohol motifs (C(OH)–C–C–N with tert-alkyl or cyclic N) is 1. The predicted octanol–water partition coefficient (Wildman–Crippen LogP) is 2.98. The van der Waals surface area contributed by atoms with Gasteiger partial charge in [0, 0.05) is 36.5 Å². The summed E-state index contributed by atoms with van der Waals surface area (Å²) in [5.74, 6) is 0.612. The Balaban J connectivity index is 1.89. The minimum absolute atomic E-state index is 0.448. The Bertz CT molecular complexity index is 735. The van der Waals surface area contributed by atoms with Gasteiger partial charge in [0.25, 0.3) is 0 Å². The molecule has 0 bridgehead atoms. The van der Waals surface area contributed by atoms with Gasteiger partial charge in [-0.15, -0.1) is 0 Å². The first kappa shape index (κ1) is 11.5. The van der Waals surface area contributed by atoms with Gasteiger partial charge in [-0.25, -0.2) is 4.98 Å². The van der Waals surface area contributed by atoms with Crippen LogP contribution in [0.4, 0.5) is 5.69 Å². The van der Waals surface area contributed by atoms with Crippen molar-refractivity contribution in [3.05, 3.63) is 48.0 Å². The number of hydrogen-bond donors (Lipinski definition) is 1. The molecule has 100 valence electrons. The molecular formula is C16H14N2O2. The Kier molecular flexibility index (Phi) is 2.35. The molecule has 1 unspecified atom stereocenters. The number of aliphatic hydroxyl groups is 1. The molecule has 0 saturated heterocycles. The van der Waals surface area contributed by atoms with Gasteiger partial charge in [0.2, 0.25) is 5.89 Å². The van der Waals surface area contributed by atoms with E-state index in [2.05, 4.69) is 4.98 Å². The van der Waals surface area contributed by atoms with E-state index < -0.39 is 6.10 Å². The average Bonchev–Trinajstić information content (AvgIpc) is 3.00. The quantitative estimate of drug-likeness (QED) is 0.735. The van der Waals surface area contributed by atoms with E-state index in [1.165, 1.54) is 0 Å². The molecule has 2 heterocycles. The van der Waals surface area contributed by atoms with Gasteiger partial charge < -0.3 is 14.4 Å². The lowest BCUT2D eigenvalue weighted by atomic mass is 10.1. The lowest BCUT2D eigenvalue weighted by Crippen LogP contribution is -2.14. The summed E-state index contributed by atoms with van der Waals surface area (Å²) in [7, 11) is 1.97. The normalized spacial score (nSPS) is 17.7. The minimum Gasteiger partial charge on any atom is -0.436 e. The summed E-state index contributed by atoms with van der Waals surface area (Å²) in [6, 6.07) is 13.7. The Hall–Kier alpha value is -2.33. The van der Waals surface area contributed by atoms with Crippen LogP contribution >= 0.6 is 0 Å². The van der Waals surface area contributed by atoms with E-state index in [0.29, 0.717) is 12.4 Å². The minimum atomic E-state index is -0.448. The van der Waals surface area contributed by atoms with E-state index in [-0.39, 0.29) is 0 Å². The van der Waals surface area contributed by atoms with Crippen molar-refractivity contribution in [1.29, 1.82) is 0 Å². The van der Waals surface area contributed by atoms with Gasteiger partial charge in [-0.1, -0.05) is 18.2 Å². The van der Waals surface area contributed by atoms with Gasteiger partial charge in [-0.05, 0) is 18.2 Å². The molecule has 3 aromatic rings. The van der Waals surface area contributed by atoms with Crippen molar-refractivity contribution in [3.63, 3.8) is 0 Å². The van der Waals surface area contributed by atoms with Crippen LogP contribution in [0.15, 0.2) is 46.9 Å². The molecule has 4 nitrogen and oxygen atoms in total. The van der Waals surface area contributed by atoms with E-state index in [1.54, 1.807) is 0 Å². The molecule has 0 spiro atoms. The highest BCUT2D eigenvalue weighted by atomic mass is 16.3. The number of aliphatic hydroxyl groups excluding tert-OH is 1. The van der Waals surface area contributed by atoms with Crippen LogP contribution in [0.1, 0.15) is 11.7 Å². The van der Waals surface area contributed by atoms with Crippen LogP contribution in [-0.2, 0) is 0 Å². The number of anilines is 1. The van der Waals surface area contributed by atoms with Crippen molar-refractivity contribution in [2.45, 2.75) is 6.10 Å². The fraction of sp³-hybridized carbons (Fsp3) is 0.188. The fourth-order valence-electron chi connectivity index (χ4n) is 2.74. The van der Waals surface area contributed by atoms with Gasteiger partial charge in [0.05, 0.1) is 6.10 Å². The van der Waals surface area contributed by atoms with Crippen molar-refractivity contribution in [3.8, 4) is 11.5 Å². The second kappa shape index (κ2) is 4.08. The Morgan fingerprint density at radius 1 is 1.25 bits per heavy atom. The largest absolute Gasteiger partial charge is 0.436 e. The molecule has 0 aliphatic carbocycles. The number of benzene rings is 2. The van der Waals surface area contributed by atoms with Gasteiger partial charge >= 0.3 is 0 Å². The van der Waals surface area contributed by atoms with Crippen LogP contribution in [0.2, 0.25) is 0 Å². The fourth-order valence-corrected chi connectivity index (χ4v) is 2.74. The van der Waals surface area contributed by atoms with E-state index in [9.17, 15) is 5.11 Å². The monoisotopic (exact) mass is 266 g/mol. The molecule has 0 radical (unpaired) electrons. The maximum absolute atomic E-state index is 10.0. The predicted molar refractivity (Wildman–Crippen MR) is 77.7 cm³/mol. The molecule has 1 aliphatic heterocycles. The smallest absolute Gasteiger partial charge is 0.227 e. The average molecular weight is 266 g/mol. The summed E-state index contributed by atoms with van der Waals surface area (Å²) in [5.41, 5.74) is 4.44. The highest BCUT2D eigenvalue weighted by molar-refractivity contribution is 5.83. The van der Waals surface area contributed by atoms with Crippen LogP contribution in [0, 0.1) is 0 Å². The summed E-state index contributed by atoms with van der Waals surface area (Å²) < 4.78 is 5.84. The highest BCUT2D eigenvalue weighted by Crippen LogP contribution is 2.37. The molecule has 0 amide bonds. The molecule has 4 heteroatoms. The highest BCUT2D eigenvalue weighted by Gasteiger charge is 2.26. The zero-order valence-electron chi connectivity index (χ0n) is 11.1. The van der Waals surface area contributed by atoms with Crippen molar-refractivity contribution < 1.29 is 9.52 Å². The van der Waals surface area contributed by atoms with Crippen LogP contribution in [0.25, 0.3) is 22.6 Å². The van der Waals surface area contributed by atoms with E-state index >= 15 is 0 Å². The maximum atomic E-state index is 10.0. The summed E-state index contributed by atoms with van der Waals surface area (Å²) in [6.45, 7) is 0.619. The molecule has 0 fully saturated rings. The maximum Gasteiger partial charge on any atom is 0.227 e. The summed E-state index contributed by atoms with van der Waals surface area (Å²) in [4.78, 5) is 6.56. The molecule has 0 saturated carbocycles. The number of rotatable bonds is 1. The molecule has 4 rings (SSSR count). The Labute approximate surface area is 116 Å². The zero-order chi connectivity index (χ0) is 13.7. The van der Waals surface area contributed by atoms with Gasteiger partial charge in [0.1, 0.15) is 5.52 Å². The number of hydrogen-bond acceptors (Lipinski definition) is 4. The zero-order valence-corrected chi connectivity index (χ0v) is 11.1. The third-order valence-electron chi connectivity index (χ3n) is 3.77. The van der Waals surface area contributed by atoms with E-state index in [1.807, 2.05) is 54.4 Å². The topological polar surface area (TPSA) is 49.5 Å². The van der Waals surface area contributed by atoms with Gasteiger partial charge in [-0.2, -0.15) is 0 Å². The van der Waals surface area contributed by atoms with Crippen molar-refractivity contribution >= 4 is 16.8 Å². The lowest BCUT2D eigenvalue weighted by Gasteiger charge is -2.10. The lowest BCUT2D eigenvalue weighted by molar-refractivity contribution is 0.195. The molecular weight excluding hydrogens is 252 g/mol. The Morgan fingerprint density at radius 2 is 2.05 bits per heavy atom. The van der Waals surface area contributed by atoms with Crippen molar-refractivity contribution in [1.82, 2.24) is 4.98 Å². The van der Waals surface area contributed by atoms with Gasteiger partial charge in [-0.3, -0.25) is 0 Å². The first-order valence-electron chi connectivity index (χ1n) is 6.61. The van der Waals surface area contributed by atoms with Crippen molar-refractivity contribution in [2.24, 2.45) is 0 Å². The number of aromatic nitrogens is 1. The second-order valence-corrected chi connectivity index (χ2v) is 5.16. The standard InChI is InChI=1S/C16H14N2O2/c1-18-9-14(19)11-7-12-15(8-13(11)18)20-16(17-12)10-5-3-2-4-6-10/h2-8,14,19H,9H2,1H3. The summed E-state index contributed by atoms with van der Waals surface area (Å²) >= 11 is 0. The van der Waals surface area contributed by atoms with E-state index in [0.717, 1.165) is 27.9 Å². The number of nitrogens with zero attached hydrogens (tertiary/aromatic N) is 2. The summed E-state index contributed by atoms with van der Waals surface area (Å²) in [6.07, 6.45) is -0.448. The van der Waals surface area contributed by atoms with Crippen LogP contribution in [0.5, 0.6) is 0 Å². The van der Waals surface area contributed by atoms with Crippen molar-refractivity contribution in [2.75, 3.05) is 18.5 Å². The molecule has 2 aromatic carbocycles. The Morgan fingerprint density at radius 3 is 2.85 bits per heavy atom. The number of fused-ring (bicyclic) bond motifs is 2. The SMILES string of the molecule is CN1CC(O)c2cc3nc(-c4ccccc4)oc3cc21. The van der Waals surface area contributed by atoms with Crippen LogP contribution < -0.4 is 4.90 Å². The molecule has 20 heavy (non-hydrogen) atoms. The molecule has 1 aromatic heterocycles. The third-order valence-corrected chi connectivity index (χ3v) is 3.77. The number of oxazole rings is 1. The molecule has 1 N–H and O–H groups in total. The van der Waals surface area contributed by atoms with E-state index in [4.69, 9.17) is 4.42 Å². The molecule has 1 aliphatic rings. The third kappa shape index (κ3) is 1.62. The number of likely N-dealkylation sites (N-methyl/N-ethyl adjacent to an activating group) is 1. The second-order valence-electron chi connectivity index (χ2n) is 5.16. The molecule has 1 atom stereocenters. The van der Waals surface area contributed by atoms with Crippen LogP contribution in [0.3, 0.4) is 0 Å². The first-order valence-corrected chi connectivity index (χ1v) is 6.61. The summed E-state index contributed by atoms with van der Waals surface area (Å²) in [5, 5.41) is 10.0. The van der Waals surface area contributed by atoms with Gasteiger partial charge in [0.15, 0.2) is 5.58 Å². The van der Waals surface area contributed by atoms with Crippen LogP contribution in [-0.4, -0.2) is 23.7 Å². The first-order chi connectivity index (χ1) is 9.72.